The van der Waals surface area contributed by atoms with Crippen LogP contribution in [0.15, 0.2) is 42.5 Å². The Morgan fingerprint density at radius 3 is 2.57 bits per heavy atom. The van der Waals surface area contributed by atoms with Crippen molar-refractivity contribution in [2.75, 3.05) is 32.8 Å². The lowest BCUT2D eigenvalue weighted by molar-refractivity contribution is 0.101. The molecular formula is C17H18ClNO4. The third kappa shape index (κ3) is 4.61. The molecule has 0 saturated heterocycles. The molecule has 6 heteroatoms. The van der Waals surface area contributed by atoms with Crippen LogP contribution < -0.4 is 14.8 Å². The van der Waals surface area contributed by atoms with Gasteiger partial charge in [-0.25, -0.2) is 0 Å². The van der Waals surface area contributed by atoms with Crippen molar-refractivity contribution in [3.8, 4) is 11.5 Å². The van der Waals surface area contributed by atoms with Crippen molar-refractivity contribution >= 4 is 23.2 Å². The Kier molecular flexibility index (Phi) is 6.26. The number of rotatable bonds is 7. The number of ether oxygens (including phenoxy) is 3. The van der Waals surface area contributed by atoms with Crippen molar-refractivity contribution in [3.63, 3.8) is 0 Å². The van der Waals surface area contributed by atoms with E-state index in [1.807, 2.05) is 6.07 Å². The Hall–Kier alpha value is -2.24. The monoisotopic (exact) mass is 335 g/mol. The van der Waals surface area contributed by atoms with E-state index in [1.54, 1.807) is 43.5 Å². The van der Waals surface area contributed by atoms with Crippen molar-refractivity contribution in [3.05, 3.63) is 53.1 Å². The first kappa shape index (κ1) is 17.1. The number of methoxy groups -OCH3 is 2. The Morgan fingerprint density at radius 2 is 1.87 bits per heavy atom. The minimum atomic E-state index is -0.278. The van der Waals surface area contributed by atoms with Crippen LogP contribution in [0.2, 0.25) is 5.02 Å². The van der Waals surface area contributed by atoms with Gasteiger partial charge in [-0.3, -0.25) is 4.79 Å². The van der Waals surface area contributed by atoms with E-state index in [2.05, 4.69) is 5.32 Å². The summed E-state index contributed by atoms with van der Waals surface area (Å²) in [4.78, 5) is 12.4. The van der Waals surface area contributed by atoms with Crippen LogP contribution in [0.1, 0.15) is 10.4 Å². The maximum absolute atomic E-state index is 12.4. The minimum Gasteiger partial charge on any atom is -0.495 e. The van der Waals surface area contributed by atoms with E-state index in [0.717, 1.165) is 0 Å². The van der Waals surface area contributed by atoms with Crippen LogP contribution in [0.4, 0.5) is 5.69 Å². The van der Waals surface area contributed by atoms with Crippen LogP contribution in [0.3, 0.4) is 0 Å². The highest BCUT2D eigenvalue weighted by molar-refractivity contribution is 6.32. The summed E-state index contributed by atoms with van der Waals surface area (Å²) in [5.41, 5.74) is 1.02. The van der Waals surface area contributed by atoms with E-state index >= 15 is 0 Å². The molecule has 122 valence electrons. The molecule has 2 aromatic carbocycles. The zero-order valence-electron chi connectivity index (χ0n) is 13.0. The van der Waals surface area contributed by atoms with Crippen molar-refractivity contribution in [2.45, 2.75) is 0 Å². The largest absolute Gasteiger partial charge is 0.495 e. The van der Waals surface area contributed by atoms with Crippen molar-refractivity contribution in [2.24, 2.45) is 0 Å². The van der Waals surface area contributed by atoms with E-state index in [-0.39, 0.29) is 5.91 Å². The predicted octanol–water partition coefficient (Wildman–Crippen LogP) is 3.63. The zero-order chi connectivity index (χ0) is 16.7. The highest BCUT2D eigenvalue weighted by atomic mass is 35.5. The molecular weight excluding hydrogens is 318 g/mol. The second-order valence-electron chi connectivity index (χ2n) is 4.64. The standard InChI is InChI=1S/C17H18ClNO4/c1-21-9-10-23-15-6-4-3-5-13(15)17(20)19-12-7-8-16(22-2)14(18)11-12/h3-8,11H,9-10H2,1-2H3,(H,19,20). The van der Waals surface area contributed by atoms with Gasteiger partial charge < -0.3 is 19.5 Å². The molecule has 0 bridgehead atoms. The first-order chi connectivity index (χ1) is 11.2. The Labute approximate surface area is 140 Å². The molecule has 0 unspecified atom stereocenters. The van der Waals surface area contributed by atoms with Gasteiger partial charge in [0, 0.05) is 12.8 Å². The van der Waals surface area contributed by atoms with Gasteiger partial charge in [-0.1, -0.05) is 23.7 Å². The molecule has 2 rings (SSSR count). The zero-order valence-corrected chi connectivity index (χ0v) is 13.7. The van der Waals surface area contributed by atoms with Gasteiger partial charge in [0.25, 0.3) is 5.91 Å². The van der Waals surface area contributed by atoms with Gasteiger partial charge in [0.1, 0.15) is 18.1 Å². The van der Waals surface area contributed by atoms with Gasteiger partial charge in [0.15, 0.2) is 0 Å². The van der Waals surface area contributed by atoms with Gasteiger partial charge >= 0.3 is 0 Å². The van der Waals surface area contributed by atoms with Crippen molar-refractivity contribution in [1.29, 1.82) is 0 Å². The first-order valence-corrected chi connectivity index (χ1v) is 7.39. The van der Waals surface area contributed by atoms with Crippen LogP contribution in [0, 0.1) is 0 Å². The number of hydrogen-bond acceptors (Lipinski definition) is 4. The summed E-state index contributed by atoms with van der Waals surface area (Å²) in [6.45, 7) is 0.819. The quantitative estimate of drug-likeness (QED) is 0.785. The summed E-state index contributed by atoms with van der Waals surface area (Å²) < 4.78 is 15.6. The van der Waals surface area contributed by atoms with Crippen LogP contribution in [0.25, 0.3) is 0 Å². The smallest absolute Gasteiger partial charge is 0.259 e. The number of carbonyl (C=O) groups excluding carboxylic acids is 1. The maximum Gasteiger partial charge on any atom is 0.259 e. The van der Waals surface area contributed by atoms with E-state index in [9.17, 15) is 4.79 Å². The summed E-state index contributed by atoms with van der Waals surface area (Å²) in [6.07, 6.45) is 0. The molecule has 23 heavy (non-hydrogen) atoms. The molecule has 1 amide bonds. The molecule has 5 nitrogen and oxygen atoms in total. The van der Waals surface area contributed by atoms with Gasteiger partial charge in [-0.05, 0) is 30.3 Å². The average molecular weight is 336 g/mol. The molecule has 0 atom stereocenters. The third-order valence-electron chi connectivity index (χ3n) is 3.09. The maximum atomic E-state index is 12.4. The summed E-state index contributed by atoms with van der Waals surface area (Å²) in [7, 11) is 3.13. The van der Waals surface area contributed by atoms with Crippen molar-refractivity contribution in [1.82, 2.24) is 0 Å². The normalized spacial score (nSPS) is 10.2. The molecule has 2 aromatic rings. The highest BCUT2D eigenvalue weighted by Crippen LogP contribution is 2.28. The lowest BCUT2D eigenvalue weighted by atomic mass is 10.2. The Morgan fingerprint density at radius 1 is 1.09 bits per heavy atom. The molecule has 0 aromatic heterocycles. The molecule has 0 fully saturated rings. The van der Waals surface area contributed by atoms with Crippen LogP contribution in [0.5, 0.6) is 11.5 Å². The fourth-order valence-corrected chi connectivity index (χ4v) is 2.22. The number of benzene rings is 2. The third-order valence-corrected chi connectivity index (χ3v) is 3.38. The van der Waals surface area contributed by atoms with Crippen LogP contribution in [-0.4, -0.2) is 33.3 Å². The summed E-state index contributed by atoms with van der Waals surface area (Å²) >= 11 is 6.06. The van der Waals surface area contributed by atoms with Gasteiger partial charge in [-0.15, -0.1) is 0 Å². The number of anilines is 1. The Balaban J connectivity index is 2.13. The van der Waals surface area contributed by atoms with E-state index in [0.29, 0.717) is 41.0 Å². The molecule has 0 saturated carbocycles. The number of hydrogen-bond donors (Lipinski definition) is 1. The number of carbonyl (C=O) groups is 1. The lowest BCUT2D eigenvalue weighted by Gasteiger charge is -2.12. The summed E-state index contributed by atoms with van der Waals surface area (Å²) in [6, 6.07) is 12.1. The van der Waals surface area contributed by atoms with Gasteiger partial charge in [0.05, 0.1) is 24.3 Å². The molecule has 0 radical (unpaired) electrons. The van der Waals surface area contributed by atoms with Gasteiger partial charge in [-0.2, -0.15) is 0 Å². The number of amides is 1. The predicted molar refractivity (Wildman–Crippen MR) is 89.8 cm³/mol. The number of nitrogens with one attached hydrogen (secondary N) is 1. The molecule has 0 heterocycles. The molecule has 1 N–H and O–H groups in total. The van der Waals surface area contributed by atoms with E-state index in [4.69, 9.17) is 25.8 Å². The van der Waals surface area contributed by atoms with Crippen LogP contribution >= 0.6 is 11.6 Å². The molecule has 0 aliphatic carbocycles. The van der Waals surface area contributed by atoms with Crippen LogP contribution in [-0.2, 0) is 4.74 Å². The average Bonchev–Trinajstić information content (AvgIpc) is 2.55. The highest BCUT2D eigenvalue weighted by Gasteiger charge is 2.13. The van der Waals surface area contributed by atoms with E-state index < -0.39 is 0 Å². The van der Waals surface area contributed by atoms with Crippen molar-refractivity contribution < 1.29 is 19.0 Å². The molecule has 0 aliphatic rings. The molecule has 0 spiro atoms. The molecule has 0 aliphatic heterocycles. The topological polar surface area (TPSA) is 56.8 Å². The summed E-state index contributed by atoms with van der Waals surface area (Å²) in [5.74, 6) is 0.772. The second kappa shape index (κ2) is 8.41. The number of para-hydroxylation sites is 1. The second-order valence-corrected chi connectivity index (χ2v) is 5.05. The fourth-order valence-electron chi connectivity index (χ4n) is 1.96. The SMILES string of the molecule is COCCOc1ccccc1C(=O)Nc1ccc(OC)c(Cl)c1. The van der Waals surface area contributed by atoms with Gasteiger partial charge in [0.2, 0.25) is 0 Å². The Bertz CT molecular complexity index is 675. The first-order valence-electron chi connectivity index (χ1n) is 7.01. The minimum absolute atomic E-state index is 0.278. The fraction of sp³-hybridized carbons (Fsp3) is 0.235. The number of halogens is 1. The van der Waals surface area contributed by atoms with E-state index in [1.165, 1.54) is 7.11 Å². The summed E-state index contributed by atoms with van der Waals surface area (Å²) in [5, 5.41) is 3.22. The lowest BCUT2D eigenvalue weighted by Crippen LogP contribution is -2.14.